The Bertz CT molecular complexity index is 101. The zero-order valence-electron chi connectivity index (χ0n) is 8.10. The van der Waals surface area contributed by atoms with E-state index < -0.39 is 0 Å². The van der Waals surface area contributed by atoms with Gasteiger partial charge in [-0.05, 0) is 5.92 Å². The minimum absolute atomic E-state index is 1.03. The molecule has 1 rings (SSSR count). The van der Waals surface area contributed by atoms with Gasteiger partial charge < -0.3 is 0 Å². The summed E-state index contributed by atoms with van der Waals surface area (Å²) < 4.78 is 0. The summed E-state index contributed by atoms with van der Waals surface area (Å²) in [6.07, 6.45) is 10.4. The molecule has 1 aliphatic carbocycles. The normalized spacial score (nSPS) is 31.0. The van der Waals surface area contributed by atoms with Crippen molar-refractivity contribution in [2.75, 3.05) is 0 Å². The lowest BCUT2D eigenvalue weighted by Gasteiger charge is -2.07. The van der Waals surface area contributed by atoms with Crippen molar-refractivity contribution in [3.63, 3.8) is 0 Å². The van der Waals surface area contributed by atoms with Crippen molar-refractivity contribution in [3.05, 3.63) is 0 Å². The van der Waals surface area contributed by atoms with Gasteiger partial charge >= 0.3 is 0 Å². The fraction of sp³-hybridized carbons (Fsp3) is 1.00. The molecule has 11 heavy (non-hydrogen) atoms. The summed E-state index contributed by atoms with van der Waals surface area (Å²) in [5, 5.41) is 0. The van der Waals surface area contributed by atoms with E-state index in [2.05, 4.69) is 14.8 Å². The Morgan fingerprint density at radius 2 is 2.09 bits per heavy atom. The molecular formula is C10H21B. The Hall–Kier alpha value is 0.0649. The van der Waals surface area contributed by atoms with E-state index in [0.717, 1.165) is 11.7 Å². The summed E-state index contributed by atoms with van der Waals surface area (Å²) in [4.78, 5) is 0. The maximum absolute atomic E-state index is 2.40. The zero-order chi connectivity index (χ0) is 8.10. The highest BCUT2D eigenvalue weighted by Gasteiger charge is 2.19. The monoisotopic (exact) mass is 152 g/mol. The SMILES string of the molecule is BC1CCC(CCCCC)C1. The molecule has 0 aromatic rings. The van der Waals surface area contributed by atoms with E-state index in [0.29, 0.717) is 0 Å². The highest BCUT2D eigenvalue weighted by molar-refractivity contribution is 6.11. The van der Waals surface area contributed by atoms with Crippen molar-refractivity contribution in [1.82, 2.24) is 0 Å². The third kappa shape index (κ3) is 3.31. The largest absolute Gasteiger partial charge is 0.105 e. The van der Waals surface area contributed by atoms with Gasteiger partial charge in [-0.25, -0.2) is 0 Å². The average molecular weight is 152 g/mol. The van der Waals surface area contributed by atoms with Crippen LogP contribution < -0.4 is 0 Å². The Morgan fingerprint density at radius 3 is 2.64 bits per heavy atom. The van der Waals surface area contributed by atoms with Crippen LogP contribution in [0.1, 0.15) is 51.9 Å². The van der Waals surface area contributed by atoms with Gasteiger partial charge in [0.2, 0.25) is 0 Å². The van der Waals surface area contributed by atoms with Gasteiger partial charge in [-0.2, -0.15) is 0 Å². The number of hydrogen-bond acceptors (Lipinski definition) is 0. The van der Waals surface area contributed by atoms with Gasteiger partial charge in [0, 0.05) is 0 Å². The van der Waals surface area contributed by atoms with Crippen molar-refractivity contribution < 1.29 is 0 Å². The highest BCUT2D eigenvalue weighted by atomic mass is 14.2. The summed E-state index contributed by atoms with van der Waals surface area (Å²) in [7, 11) is 2.40. The van der Waals surface area contributed by atoms with E-state index in [4.69, 9.17) is 0 Å². The predicted molar refractivity (Wildman–Crippen MR) is 53.8 cm³/mol. The van der Waals surface area contributed by atoms with Gasteiger partial charge in [0.25, 0.3) is 0 Å². The van der Waals surface area contributed by atoms with Crippen molar-refractivity contribution >= 4 is 7.85 Å². The molecule has 2 atom stereocenters. The summed E-state index contributed by atoms with van der Waals surface area (Å²) >= 11 is 0. The summed E-state index contributed by atoms with van der Waals surface area (Å²) in [6.45, 7) is 2.29. The minimum Gasteiger partial charge on any atom is -0.0694 e. The van der Waals surface area contributed by atoms with Crippen LogP contribution in [0.4, 0.5) is 0 Å². The molecule has 0 aliphatic heterocycles. The molecule has 64 valence electrons. The van der Waals surface area contributed by atoms with Crippen LogP contribution in [0.2, 0.25) is 5.82 Å². The molecular weight excluding hydrogens is 131 g/mol. The maximum atomic E-state index is 2.40. The Balaban J connectivity index is 1.99. The second-order valence-electron chi connectivity index (χ2n) is 4.28. The van der Waals surface area contributed by atoms with Gasteiger partial charge in [0.05, 0.1) is 0 Å². The van der Waals surface area contributed by atoms with Gasteiger partial charge in [-0.1, -0.05) is 57.7 Å². The van der Waals surface area contributed by atoms with E-state index in [1.54, 1.807) is 0 Å². The van der Waals surface area contributed by atoms with E-state index in [1.165, 1.54) is 44.9 Å². The first-order chi connectivity index (χ1) is 5.33. The first-order valence-electron chi connectivity index (χ1n) is 5.33. The Kier molecular flexibility index (Phi) is 4.03. The third-order valence-corrected chi connectivity index (χ3v) is 3.02. The number of unbranched alkanes of at least 4 members (excludes halogenated alkanes) is 2. The van der Waals surface area contributed by atoms with E-state index in [-0.39, 0.29) is 0 Å². The van der Waals surface area contributed by atoms with Crippen molar-refractivity contribution in [3.8, 4) is 0 Å². The molecule has 0 nitrogen and oxygen atoms in total. The quantitative estimate of drug-likeness (QED) is 0.429. The smallest absolute Gasteiger partial charge is 0.0694 e. The first kappa shape index (κ1) is 9.16. The number of hydrogen-bond donors (Lipinski definition) is 0. The molecule has 0 amide bonds. The van der Waals surface area contributed by atoms with Crippen molar-refractivity contribution in [2.45, 2.75) is 57.7 Å². The predicted octanol–water partition coefficient (Wildman–Crippen LogP) is 2.79. The fourth-order valence-corrected chi connectivity index (χ4v) is 2.27. The van der Waals surface area contributed by atoms with E-state index in [9.17, 15) is 0 Å². The second kappa shape index (κ2) is 4.85. The molecule has 1 aliphatic rings. The molecule has 0 bridgehead atoms. The standard InChI is InChI=1S/C10H21B/c1-2-3-4-5-9-6-7-10(11)8-9/h9-10H,2-8,11H2,1H3. The van der Waals surface area contributed by atoms with Gasteiger partial charge in [0.15, 0.2) is 0 Å². The van der Waals surface area contributed by atoms with E-state index in [1.807, 2.05) is 0 Å². The highest BCUT2D eigenvalue weighted by Crippen LogP contribution is 2.35. The molecule has 0 N–H and O–H groups in total. The van der Waals surface area contributed by atoms with Crippen LogP contribution in [-0.2, 0) is 0 Å². The maximum Gasteiger partial charge on any atom is 0.105 e. The summed E-state index contributed by atoms with van der Waals surface area (Å²) in [5.74, 6) is 2.12. The zero-order valence-corrected chi connectivity index (χ0v) is 8.10. The second-order valence-corrected chi connectivity index (χ2v) is 4.28. The van der Waals surface area contributed by atoms with Gasteiger partial charge in [-0.3, -0.25) is 0 Å². The summed E-state index contributed by atoms with van der Waals surface area (Å²) in [6, 6.07) is 0. The van der Waals surface area contributed by atoms with E-state index >= 15 is 0 Å². The van der Waals surface area contributed by atoms with Gasteiger partial charge in [-0.15, -0.1) is 0 Å². The lowest BCUT2D eigenvalue weighted by atomic mass is 9.85. The molecule has 0 spiro atoms. The van der Waals surface area contributed by atoms with Crippen LogP contribution in [0.25, 0.3) is 0 Å². The Labute approximate surface area is 72.2 Å². The van der Waals surface area contributed by atoms with Crippen LogP contribution in [0, 0.1) is 5.92 Å². The topological polar surface area (TPSA) is 0 Å². The molecule has 0 aromatic carbocycles. The van der Waals surface area contributed by atoms with Gasteiger partial charge in [0.1, 0.15) is 7.85 Å². The molecule has 0 saturated heterocycles. The third-order valence-electron chi connectivity index (χ3n) is 3.02. The lowest BCUT2D eigenvalue weighted by molar-refractivity contribution is 0.472. The molecule has 1 heteroatoms. The molecule has 2 unspecified atom stereocenters. The summed E-state index contributed by atoms with van der Waals surface area (Å²) in [5.41, 5.74) is 0. The molecule has 0 heterocycles. The average Bonchev–Trinajstić information content (AvgIpc) is 2.37. The molecule has 0 radical (unpaired) electrons. The minimum atomic E-state index is 1.03. The lowest BCUT2D eigenvalue weighted by Crippen LogP contribution is -1.93. The van der Waals surface area contributed by atoms with Crippen molar-refractivity contribution in [2.24, 2.45) is 5.92 Å². The van der Waals surface area contributed by atoms with Crippen LogP contribution in [0.5, 0.6) is 0 Å². The van der Waals surface area contributed by atoms with Crippen LogP contribution in [0.15, 0.2) is 0 Å². The van der Waals surface area contributed by atoms with Crippen LogP contribution >= 0.6 is 0 Å². The first-order valence-corrected chi connectivity index (χ1v) is 5.33. The fourth-order valence-electron chi connectivity index (χ4n) is 2.27. The van der Waals surface area contributed by atoms with Crippen molar-refractivity contribution in [1.29, 1.82) is 0 Å². The molecule has 0 aromatic heterocycles. The van der Waals surface area contributed by atoms with Crippen LogP contribution in [-0.4, -0.2) is 7.85 Å². The Morgan fingerprint density at radius 1 is 1.27 bits per heavy atom. The molecule has 1 saturated carbocycles. The molecule has 1 fully saturated rings. The van der Waals surface area contributed by atoms with Crippen LogP contribution in [0.3, 0.4) is 0 Å². The number of rotatable bonds is 4.